The van der Waals surface area contributed by atoms with Crippen LogP contribution in [0, 0.1) is 0 Å². The summed E-state index contributed by atoms with van der Waals surface area (Å²) in [6, 6.07) is 3.68. The average molecular weight is 216 g/mol. The molecule has 0 aromatic carbocycles. The topological polar surface area (TPSA) is 52.7 Å². The van der Waals surface area contributed by atoms with Crippen molar-refractivity contribution in [2.75, 3.05) is 0 Å². The van der Waals surface area contributed by atoms with Crippen LogP contribution in [0.15, 0.2) is 42.0 Å². The molecule has 0 radical (unpaired) electrons. The summed E-state index contributed by atoms with van der Waals surface area (Å²) in [6.45, 7) is 4.07. The molecule has 0 aliphatic heterocycles. The van der Waals surface area contributed by atoms with E-state index in [-0.39, 0.29) is 5.69 Å². The molecule has 0 aliphatic carbocycles. The van der Waals surface area contributed by atoms with E-state index in [2.05, 4.69) is 16.7 Å². The minimum atomic E-state index is -0.154. The molecule has 0 spiro atoms. The molecule has 0 atom stereocenters. The first-order chi connectivity index (χ1) is 7.74. The fourth-order valence-electron chi connectivity index (χ4n) is 1.51. The average Bonchev–Trinajstić information content (AvgIpc) is 2.59. The van der Waals surface area contributed by atoms with E-state index in [1.807, 2.05) is 12.1 Å². The van der Waals surface area contributed by atoms with Crippen molar-refractivity contribution in [2.45, 2.75) is 6.54 Å². The molecule has 2 aromatic rings. The molecule has 82 valence electrons. The Morgan fingerprint density at radius 2 is 2.38 bits per heavy atom. The van der Waals surface area contributed by atoms with Crippen molar-refractivity contribution in [1.82, 2.24) is 19.3 Å². The molecule has 16 heavy (non-hydrogen) atoms. The van der Waals surface area contributed by atoms with Crippen molar-refractivity contribution < 1.29 is 0 Å². The summed E-state index contributed by atoms with van der Waals surface area (Å²) in [4.78, 5) is 15.8. The second kappa shape index (κ2) is 4.14. The maximum Gasteiger partial charge on any atom is 0.346 e. The van der Waals surface area contributed by atoms with E-state index in [4.69, 9.17) is 0 Å². The number of aryl methyl sites for hydroxylation is 1. The van der Waals surface area contributed by atoms with E-state index in [1.165, 1.54) is 4.68 Å². The van der Waals surface area contributed by atoms with Crippen molar-refractivity contribution >= 4 is 0 Å². The van der Waals surface area contributed by atoms with Gasteiger partial charge in [0.1, 0.15) is 0 Å². The van der Waals surface area contributed by atoms with Crippen LogP contribution in [-0.2, 0) is 13.6 Å². The highest BCUT2D eigenvalue weighted by Gasteiger charge is 2.11. The van der Waals surface area contributed by atoms with E-state index >= 15 is 0 Å². The Labute approximate surface area is 92.7 Å². The quantitative estimate of drug-likeness (QED) is 0.714. The molecule has 2 aromatic heterocycles. The Kier molecular flexibility index (Phi) is 2.68. The van der Waals surface area contributed by atoms with Gasteiger partial charge in [-0.2, -0.15) is 0 Å². The molecule has 5 heteroatoms. The van der Waals surface area contributed by atoms with Crippen molar-refractivity contribution in [1.29, 1.82) is 0 Å². The molecule has 0 saturated heterocycles. The van der Waals surface area contributed by atoms with Gasteiger partial charge in [-0.3, -0.25) is 9.55 Å². The van der Waals surface area contributed by atoms with Gasteiger partial charge in [0, 0.05) is 31.5 Å². The lowest BCUT2D eigenvalue weighted by Crippen LogP contribution is -2.22. The molecule has 0 amide bonds. The smallest absolute Gasteiger partial charge is 0.271 e. The van der Waals surface area contributed by atoms with Crippen LogP contribution in [0.25, 0.3) is 11.4 Å². The van der Waals surface area contributed by atoms with E-state index in [0.717, 1.165) is 5.56 Å². The number of aromatic nitrogens is 4. The lowest BCUT2D eigenvalue weighted by atomic mass is 10.3. The minimum absolute atomic E-state index is 0.154. The van der Waals surface area contributed by atoms with Gasteiger partial charge in [-0.05, 0) is 12.1 Å². The molecular weight excluding hydrogens is 204 g/mol. The third-order valence-corrected chi connectivity index (χ3v) is 2.24. The van der Waals surface area contributed by atoms with Crippen LogP contribution >= 0.6 is 0 Å². The maximum absolute atomic E-state index is 11.7. The Morgan fingerprint density at radius 1 is 1.56 bits per heavy atom. The molecule has 0 fully saturated rings. The van der Waals surface area contributed by atoms with E-state index in [1.54, 1.807) is 30.1 Å². The number of allylic oxidation sites excluding steroid dienone is 1. The van der Waals surface area contributed by atoms with Crippen molar-refractivity contribution in [3.63, 3.8) is 0 Å². The van der Waals surface area contributed by atoms with Gasteiger partial charge >= 0.3 is 5.69 Å². The molecular formula is C11H12N4O. The van der Waals surface area contributed by atoms with Crippen molar-refractivity contribution in [3.8, 4) is 11.4 Å². The van der Waals surface area contributed by atoms with Gasteiger partial charge in [-0.25, -0.2) is 9.48 Å². The zero-order valence-electron chi connectivity index (χ0n) is 9.00. The predicted molar refractivity (Wildman–Crippen MR) is 60.9 cm³/mol. The lowest BCUT2D eigenvalue weighted by Gasteiger charge is -2.00. The standard InChI is InChI=1S/C11H12N4O/c1-3-7-15-10(13-14(2)11(15)16)9-5-4-6-12-8-9/h3-6,8H,1,7H2,2H3. The first kappa shape index (κ1) is 10.4. The number of hydrogen-bond donors (Lipinski definition) is 0. The predicted octanol–water partition coefficient (Wildman–Crippen LogP) is 0.830. The molecule has 2 rings (SSSR count). The molecule has 0 unspecified atom stereocenters. The van der Waals surface area contributed by atoms with Crippen LogP contribution in [0.5, 0.6) is 0 Å². The van der Waals surface area contributed by atoms with Gasteiger partial charge in [-0.1, -0.05) is 6.08 Å². The third kappa shape index (κ3) is 1.67. The summed E-state index contributed by atoms with van der Waals surface area (Å²) in [5.41, 5.74) is 0.667. The Hall–Kier alpha value is -2.17. The molecule has 2 heterocycles. The SMILES string of the molecule is C=CCn1c(-c2cccnc2)nn(C)c1=O. The van der Waals surface area contributed by atoms with Gasteiger partial charge in [0.25, 0.3) is 0 Å². The van der Waals surface area contributed by atoms with Gasteiger partial charge in [0.2, 0.25) is 0 Å². The molecule has 0 bridgehead atoms. The van der Waals surface area contributed by atoms with E-state index in [0.29, 0.717) is 12.4 Å². The van der Waals surface area contributed by atoms with E-state index < -0.39 is 0 Å². The molecule has 0 aliphatic rings. The summed E-state index contributed by atoms with van der Waals surface area (Å²) in [6.07, 6.45) is 5.03. The fourth-order valence-corrected chi connectivity index (χ4v) is 1.51. The summed E-state index contributed by atoms with van der Waals surface area (Å²) in [7, 11) is 1.63. The van der Waals surface area contributed by atoms with Gasteiger partial charge in [-0.15, -0.1) is 11.7 Å². The monoisotopic (exact) mass is 216 g/mol. The van der Waals surface area contributed by atoms with Crippen LogP contribution in [0.4, 0.5) is 0 Å². The van der Waals surface area contributed by atoms with Crippen LogP contribution in [0.2, 0.25) is 0 Å². The summed E-state index contributed by atoms with van der Waals surface area (Å²) in [5.74, 6) is 0.612. The Bertz CT molecular complexity index is 553. The zero-order chi connectivity index (χ0) is 11.5. The van der Waals surface area contributed by atoms with Crippen LogP contribution in [0.1, 0.15) is 0 Å². The fraction of sp³-hybridized carbons (Fsp3) is 0.182. The Balaban J connectivity index is 2.61. The highest BCUT2D eigenvalue weighted by molar-refractivity contribution is 5.52. The number of nitrogens with zero attached hydrogens (tertiary/aromatic N) is 4. The largest absolute Gasteiger partial charge is 0.346 e. The molecule has 5 nitrogen and oxygen atoms in total. The highest BCUT2D eigenvalue weighted by atomic mass is 16.2. The number of rotatable bonds is 3. The lowest BCUT2D eigenvalue weighted by molar-refractivity contribution is 0.698. The first-order valence-corrected chi connectivity index (χ1v) is 4.89. The first-order valence-electron chi connectivity index (χ1n) is 4.89. The maximum atomic E-state index is 11.7. The van der Waals surface area contributed by atoms with Crippen LogP contribution in [-0.4, -0.2) is 19.3 Å². The van der Waals surface area contributed by atoms with Crippen LogP contribution < -0.4 is 5.69 Å². The summed E-state index contributed by atoms with van der Waals surface area (Å²) in [5, 5.41) is 4.18. The second-order valence-corrected chi connectivity index (χ2v) is 3.37. The van der Waals surface area contributed by atoms with Crippen LogP contribution in [0.3, 0.4) is 0 Å². The molecule has 0 saturated carbocycles. The van der Waals surface area contributed by atoms with Gasteiger partial charge in [0.15, 0.2) is 5.82 Å². The summed E-state index contributed by atoms with van der Waals surface area (Å²) < 4.78 is 2.87. The van der Waals surface area contributed by atoms with Crippen molar-refractivity contribution in [3.05, 3.63) is 47.7 Å². The normalized spacial score (nSPS) is 10.3. The van der Waals surface area contributed by atoms with Gasteiger partial charge in [0.05, 0.1) is 0 Å². The highest BCUT2D eigenvalue weighted by Crippen LogP contribution is 2.13. The second-order valence-electron chi connectivity index (χ2n) is 3.37. The Morgan fingerprint density at radius 3 is 3.00 bits per heavy atom. The zero-order valence-corrected chi connectivity index (χ0v) is 9.00. The third-order valence-electron chi connectivity index (χ3n) is 2.24. The van der Waals surface area contributed by atoms with Crippen molar-refractivity contribution in [2.24, 2.45) is 7.05 Å². The summed E-state index contributed by atoms with van der Waals surface area (Å²) >= 11 is 0. The molecule has 0 N–H and O–H groups in total. The van der Waals surface area contributed by atoms with E-state index in [9.17, 15) is 4.79 Å². The number of pyridine rings is 1. The van der Waals surface area contributed by atoms with Gasteiger partial charge < -0.3 is 0 Å². The minimum Gasteiger partial charge on any atom is -0.271 e. The number of hydrogen-bond acceptors (Lipinski definition) is 3.